The fraction of sp³-hybridized carbons (Fsp3) is 0. The van der Waals surface area contributed by atoms with E-state index in [4.69, 9.17) is 10.3 Å². The largest absolute Gasteiger partial charge is 0.478 e. The first-order valence-corrected chi connectivity index (χ1v) is 3.17. The lowest BCUT2D eigenvalue weighted by molar-refractivity contribution is 0.0691. The summed E-state index contributed by atoms with van der Waals surface area (Å²) in [5, 5.41) is 17.3. The number of nitrogens with zero attached hydrogens (tertiary/aromatic N) is 1. The molecule has 2 N–H and O–H groups in total. The van der Waals surface area contributed by atoms with Gasteiger partial charge in [-0.1, -0.05) is 12.2 Å². The zero-order valence-corrected chi connectivity index (χ0v) is 6.21. The molecule has 58 valence electrons. The molecule has 0 atom stereocenters. The quantitative estimate of drug-likeness (QED) is 0.491. The van der Waals surface area contributed by atoms with Crippen molar-refractivity contribution in [1.82, 2.24) is 4.73 Å². The number of carboxylic acid groups (broad SMARTS) is 1. The molecule has 5 heteroatoms. The van der Waals surface area contributed by atoms with E-state index in [9.17, 15) is 4.79 Å². The molecule has 0 amide bonds. The summed E-state index contributed by atoms with van der Waals surface area (Å²) >= 11 is 4.62. The van der Waals surface area contributed by atoms with E-state index >= 15 is 0 Å². The summed E-state index contributed by atoms with van der Waals surface area (Å²) in [6, 6.07) is 2.68. The van der Waals surface area contributed by atoms with Crippen molar-refractivity contribution in [2.24, 2.45) is 0 Å². The summed E-state index contributed by atoms with van der Waals surface area (Å²) in [4.78, 5) is 10.3. The van der Waals surface area contributed by atoms with Gasteiger partial charge in [-0.3, -0.25) is 0 Å². The van der Waals surface area contributed by atoms with E-state index < -0.39 is 5.97 Å². The molecule has 0 saturated carbocycles. The van der Waals surface area contributed by atoms with Gasteiger partial charge in [-0.2, -0.15) is 4.73 Å². The fourth-order valence-corrected chi connectivity index (χ4v) is 0.723. The number of rotatable bonds is 1. The zero-order chi connectivity index (χ0) is 8.43. The van der Waals surface area contributed by atoms with Crippen LogP contribution in [0.3, 0.4) is 0 Å². The van der Waals surface area contributed by atoms with E-state index in [2.05, 4.69) is 12.2 Å². The molecular weight excluding hydrogens is 166 g/mol. The van der Waals surface area contributed by atoms with Crippen LogP contribution in [0.4, 0.5) is 0 Å². The summed E-state index contributed by atoms with van der Waals surface area (Å²) in [6.07, 6.45) is 1.05. The van der Waals surface area contributed by atoms with Crippen molar-refractivity contribution in [1.29, 1.82) is 0 Å². The van der Waals surface area contributed by atoms with Gasteiger partial charge in [0.15, 0.2) is 0 Å². The van der Waals surface area contributed by atoms with Gasteiger partial charge in [0.25, 0.3) is 0 Å². The lowest BCUT2D eigenvalue weighted by Crippen LogP contribution is -2.01. The summed E-state index contributed by atoms with van der Waals surface area (Å²) in [6.45, 7) is 0. The normalized spacial score (nSPS) is 9.45. The second kappa shape index (κ2) is 2.71. The highest BCUT2D eigenvalue weighted by Gasteiger charge is 2.01. The lowest BCUT2D eigenvalue weighted by Gasteiger charge is -1.97. The van der Waals surface area contributed by atoms with Crippen LogP contribution < -0.4 is 0 Å². The molecule has 0 saturated heterocycles. The molecule has 0 aliphatic carbocycles. The highest BCUT2D eigenvalue weighted by atomic mass is 32.1. The van der Waals surface area contributed by atoms with E-state index in [1.165, 1.54) is 12.1 Å². The molecule has 1 aromatic rings. The Kier molecular flexibility index (Phi) is 1.91. The number of carboxylic acids is 1. The van der Waals surface area contributed by atoms with Crippen molar-refractivity contribution in [2.75, 3.05) is 0 Å². The second-order valence-electron chi connectivity index (χ2n) is 1.91. The van der Waals surface area contributed by atoms with E-state index in [0.717, 1.165) is 6.20 Å². The average molecular weight is 171 g/mol. The zero-order valence-electron chi connectivity index (χ0n) is 5.39. The Labute approximate surface area is 67.3 Å². The third kappa shape index (κ3) is 1.56. The molecule has 0 radical (unpaired) electrons. The van der Waals surface area contributed by atoms with Crippen molar-refractivity contribution in [3.8, 4) is 0 Å². The van der Waals surface area contributed by atoms with Gasteiger partial charge in [-0.05, 0) is 12.1 Å². The molecule has 0 aromatic carbocycles. The smallest absolute Gasteiger partial charge is 0.337 e. The third-order valence-electron chi connectivity index (χ3n) is 1.14. The maximum Gasteiger partial charge on any atom is 0.337 e. The van der Waals surface area contributed by atoms with Crippen LogP contribution in [0.25, 0.3) is 0 Å². The van der Waals surface area contributed by atoms with Gasteiger partial charge in [0.05, 0.1) is 11.8 Å². The van der Waals surface area contributed by atoms with Gasteiger partial charge in [0, 0.05) is 0 Å². The van der Waals surface area contributed by atoms with Crippen molar-refractivity contribution >= 4 is 18.2 Å². The van der Waals surface area contributed by atoms with Crippen molar-refractivity contribution in [3.05, 3.63) is 28.5 Å². The Balaban J connectivity index is 3.26. The predicted molar refractivity (Wildman–Crippen MR) is 39.4 cm³/mol. The molecule has 0 spiro atoms. The van der Waals surface area contributed by atoms with Crippen LogP contribution in [-0.4, -0.2) is 21.0 Å². The Morgan fingerprint density at radius 1 is 1.55 bits per heavy atom. The monoisotopic (exact) mass is 171 g/mol. The van der Waals surface area contributed by atoms with Crippen LogP contribution in [0.2, 0.25) is 0 Å². The molecule has 0 aliphatic heterocycles. The highest BCUT2D eigenvalue weighted by Crippen LogP contribution is 1.98. The van der Waals surface area contributed by atoms with Gasteiger partial charge in [-0.25, -0.2) is 4.79 Å². The molecule has 0 unspecified atom stereocenters. The molecule has 0 bridgehead atoms. The Bertz CT molecular complexity index is 344. The fourth-order valence-electron chi connectivity index (χ4n) is 0.602. The third-order valence-corrected chi connectivity index (χ3v) is 1.46. The first kappa shape index (κ1) is 7.74. The second-order valence-corrected chi connectivity index (χ2v) is 2.32. The van der Waals surface area contributed by atoms with Crippen molar-refractivity contribution in [2.45, 2.75) is 0 Å². The molecule has 1 heterocycles. The predicted octanol–water partition coefficient (Wildman–Crippen LogP) is 1.15. The van der Waals surface area contributed by atoms with E-state index in [1.54, 1.807) is 0 Å². The van der Waals surface area contributed by atoms with E-state index in [-0.39, 0.29) is 10.2 Å². The van der Waals surface area contributed by atoms with E-state index in [0.29, 0.717) is 4.73 Å². The molecule has 0 aliphatic rings. The van der Waals surface area contributed by atoms with Crippen LogP contribution in [0, 0.1) is 4.64 Å². The molecular formula is C6H5NO3S. The standard InChI is InChI=1S/C6H5NO3S/c8-6(9)4-1-2-5(11)7(10)3-4/h1-3,10H,(H,8,9). The molecule has 1 rings (SSSR count). The van der Waals surface area contributed by atoms with Crippen LogP contribution in [-0.2, 0) is 0 Å². The topological polar surface area (TPSA) is 62.5 Å². The van der Waals surface area contributed by atoms with Crippen LogP contribution in [0.1, 0.15) is 10.4 Å². The number of pyridine rings is 1. The number of aromatic nitrogens is 1. The summed E-state index contributed by atoms with van der Waals surface area (Å²) in [5.41, 5.74) is 0.00102. The first-order valence-electron chi connectivity index (χ1n) is 2.76. The van der Waals surface area contributed by atoms with Gasteiger partial charge < -0.3 is 10.3 Å². The SMILES string of the molecule is O=C(O)c1ccc(=S)n(O)c1. The number of hydrogen-bond acceptors (Lipinski definition) is 3. The minimum Gasteiger partial charge on any atom is -0.478 e. The molecule has 4 nitrogen and oxygen atoms in total. The van der Waals surface area contributed by atoms with Gasteiger partial charge in [0.1, 0.15) is 4.64 Å². The molecule has 1 aromatic heterocycles. The highest BCUT2D eigenvalue weighted by molar-refractivity contribution is 7.71. The minimum atomic E-state index is -1.09. The van der Waals surface area contributed by atoms with E-state index in [1.807, 2.05) is 0 Å². The van der Waals surface area contributed by atoms with Gasteiger partial charge >= 0.3 is 5.97 Å². The minimum absolute atomic E-state index is 0.00102. The number of carbonyl (C=O) groups is 1. The van der Waals surface area contributed by atoms with Crippen molar-refractivity contribution in [3.63, 3.8) is 0 Å². The average Bonchev–Trinajstić information content (AvgIpc) is 1.94. The molecule has 0 fully saturated rings. The molecule has 11 heavy (non-hydrogen) atoms. The Hall–Kier alpha value is -1.36. The van der Waals surface area contributed by atoms with Gasteiger partial charge in [-0.15, -0.1) is 0 Å². The number of hydrogen-bond donors (Lipinski definition) is 2. The lowest BCUT2D eigenvalue weighted by atomic mass is 10.3. The maximum absolute atomic E-state index is 10.3. The first-order chi connectivity index (χ1) is 5.11. The summed E-state index contributed by atoms with van der Waals surface area (Å²) < 4.78 is 0.772. The van der Waals surface area contributed by atoms with Crippen molar-refractivity contribution < 1.29 is 15.1 Å². The number of aromatic carboxylic acids is 1. The summed E-state index contributed by atoms with van der Waals surface area (Å²) in [7, 11) is 0. The summed E-state index contributed by atoms with van der Waals surface area (Å²) in [5.74, 6) is -1.09. The maximum atomic E-state index is 10.3. The van der Waals surface area contributed by atoms with Crippen LogP contribution in [0.15, 0.2) is 18.3 Å². The van der Waals surface area contributed by atoms with Crippen LogP contribution >= 0.6 is 12.2 Å². The van der Waals surface area contributed by atoms with Gasteiger partial charge in [0.2, 0.25) is 0 Å². The Morgan fingerprint density at radius 3 is 2.64 bits per heavy atom. The Morgan fingerprint density at radius 2 is 2.18 bits per heavy atom. The van der Waals surface area contributed by atoms with Crippen LogP contribution in [0.5, 0.6) is 0 Å².